The summed E-state index contributed by atoms with van der Waals surface area (Å²) in [4.78, 5) is 0. The molecule has 0 radical (unpaired) electrons. The van der Waals surface area contributed by atoms with Crippen molar-refractivity contribution in [2.45, 2.75) is 13.1 Å². The minimum absolute atomic E-state index is 0.0323. The highest BCUT2D eigenvalue weighted by molar-refractivity contribution is 5.24. The molecule has 0 aromatic heterocycles. The van der Waals surface area contributed by atoms with Gasteiger partial charge in [0.2, 0.25) is 0 Å². The number of hydrazine groups is 1. The van der Waals surface area contributed by atoms with Crippen molar-refractivity contribution in [3.8, 4) is 0 Å². The van der Waals surface area contributed by atoms with E-state index in [1.807, 2.05) is 19.2 Å². The molecule has 1 aromatic rings. The van der Waals surface area contributed by atoms with Gasteiger partial charge in [0.05, 0.1) is 6.17 Å². The molecule has 0 saturated heterocycles. The first-order chi connectivity index (χ1) is 5.77. The Morgan fingerprint density at radius 1 is 1.42 bits per heavy atom. The molecule has 0 aliphatic carbocycles. The van der Waals surface area contributed by atoms with Crippen LogP contribution in [0.2, 0.25) is 0 Å². The van der Waals surface area contributed by atoms with Crippen molar-refractivity contribution >= 4 is 0 Å². The lowest BCUT2D eigenvalue weighted by Gasteiger charge is -2.15. The first-order valence-corrected chi connectivity index (χ1v) is 3.98. The van der Waals surface area contributed by atoms with Crippen molar-refractivity contribution in [3.63, 3.8) is 0 Å². The van der Waals surface area contributed by atoms with Gasteiger partial charge in [0, 0.05) is 0 Å². The minimum Gasteiger partial charge on any atom is -0.300 e. The summed E-state index contributed by atoms with van der Waals surface area (Å²) in [5, 5.41) is 3.06. The van der Waals surface area contributed by atoms with Crippen LogP contribution in [0.4, 0.5) is 0 Å². The molecule has 1 aromatic carbocycles. The summed E-state index contributed by atoms with van der Waals surface area (Å²) in [7, 11) is 1.87. The molecular weight excluding hydrogens is 150 g/mol. The lowest BCUT2D eigenvalue weighted by molar-refractivity contribution is 0.488. The smallest absolute Gasteiger partial charge is 0.0958 e. The van der Waals surface area contributed by atoms with Crippen LogP contribution in [0.15, 0.2) is 24.3 Å². The van der Waals surface area contributed by atoms with Crippen molar-refractivity contribution in [2.75, 3.05) is 7.05 Å². The molecule has 1 atom stereocenters. The van der Waals surface area contributed by atoms with E-state index in [0.717, 1.165) is 5.56 Å². The third kappa shape index (κ3) is 2.04. The van der Waals surface area contributed by atoms with Gasteiger partial charge in [-0.1, -0.05) is 29.8 Å². The predicted molar refractivity (Wildman–Crippen MR) is 50.3 cm³/mol. The monoisotopic (exact) mass is 165 g/mol. The highest BCUT2D eigenvalue weighted by Gasteiger charge is 2.04. The van der Waals surface area contributed by atoms with Gasteiger partial charge in [-0.25, -0.2) is 5.43 Å². The van der Waals surface area contributed by atoms with Gasteiger partial charge in [0.1, 0.15) is 0 Å². The third-order valence-electron chi connectivity index (χ3n) is 1.83. The highest BCUT2D eigenvalue weighted by Crippen LogP contribution is 2.10. The van der Waals surface area contributed by atoms with Crippen LogP contribution >= 0.6 is 0 Å². The molecule has 4 N–H and O–H groups in total. The van der Waals surface area contributed by atoms with E-state index in [1.54, 1.807) is 0 Å². The average Bonchev–Trinajstić information content (AvgIpc) is 2.07. The Morgan fingerprint density at radius 2 is 2.17 bits per heavy atom. The largest absolute Gasteiger partial charge is 0.300 e. The van der Waals surface area contributed by atoms with E-state index in [2.05, 4.69) is 29.8 Å². The molecule has 1 unspecified atom stereocenters. The Balaban J connectivity index is 2.85. The Hall–Kier alpha value is -0.900. The number of aryl methyl sites for hydroxylation is 1. The van der Waals surface area contributed by atoms with Gasteiger partial charge in [0.15, 0.2) is 0 Å². The zero-order valence-corrected chi connectivity index (χ0v) is 7.46. The summed E-state index contributed by atoms with van der Waals surface area (Å²) in [6.45, 7) is 2.06. The summed E-state index contributed by atoms with van der Waals surface area (Å²) in [5.41, 5.74) is 5.08. The lowest BCUT2D eigenvalue weighted by Crippen LogP contribution is -2.36. The van der Waals surface area contributed by atoms with Crippen molar-refractivity contribution in [3.05, 3.63) is 35.4 Å². The van der Waals surface area contributed by atoms with Gasteiger partial charge in [-0.3, -0.25) is 5.84 Å². The zero-order chi connectivity index (χ0) is 8.97. The van der Waals surface area contributed by atoms with Crippen LogP contribution in [0.3, 0.4) is 0 Å². The topological polar surface area (TPSA) is 50.1 Å². The quantitative estimate of drug-likeness (QED) is 0.350. The molecule has 0 aliphatic rings. The average molecular weight is 165 g/mol. The second kappa shape index (κ2) is 4.21. The SMILES string of the molecule is CNC(NN)c1cccc(C)c1. The molecule has 0 heterocycles. The first kappa shape index (κ1) is 9.19. The normalized spacial score (nSPS) is 12.9. The van der Waals surface area contributed by atoms with Crippen LogP contribution < -0.4 is 16.6 Å². The number of benzene rings is 1. The fraction of sp³-hybridized carbons (Fsp3) is 0.333. The first-order valence-electron chi connectivity index (χ1n) is 3.98. The molecular formula is C9H15N3. The Labute approximate surface area is 72.9 Å². The molecule has 0 aliphatic heterocycles. The van der Waals surface area contributed by atoms with Crippen LogP contribution in [0.5, 0.6) is 0 Å². The molecule has 66 valence electrons. The van der Waals surface area contributed by atoms with Gasteiger partial charge in [-0.05, 0) is 19.5 Å². The minimum atomic E-state index is 0.0323. The van der Waals surface area contributed by atoms with Gasteiger partial charge >= 0.3 is 0 Å². The van der Waals surface area contributed by atoms with Gasteiger partial charge in [-0.15, -0.1) is 0 Å². The second-order valence-electron chi connectivity index (χ2n) is 2.80. The summed E-state index contributed by atoms with van der Waals surface area (Å²) >= 11 is 0. The van der Waals surface area contributed by atoms with E-state index < -0.39 is 0 Å². The van der Waals surface area contributed by atoms with Crippen molar-refractivity contribution in [1.29, 1.82) is 0 Å². The molecule has 0 spiro atoms. The van der Waals surface area contributed by atoms with E-state index in [0.29, 0.717) is 0 Å². The summed E-state index contributed by atoms with van der Waals surface area (Å²) in [6.07, 6.45) is 0.0323. The van der Waals surface area contributed by atoms with Crippen LogP contribution in [0, 0.1) is 6.92 Å². The number of nitrogens with one attached hydrogen (secondary N) is 2. The maximum Gasteiger partial charge on any atom is 0.0958 e. The van der Waals surface area contributed by atoms with E-state index in [1.165, 1.54) is 5.56 Å². The van der Waals surface area contributed by atoms with Crippen LogP contribution in [0.1, 0.15) is 17.3 Å². The maximum absolute atomic E-state index is 5.35. The molecule has 1 rings (SSSR count). The summed E-state index contributed by atoms with van der Waals surface area (Å²) in [6, 6.07) is 8.22. The fourth-order valence-corrected chi connectivity index (χ4v) is 1.20. The molecule has 0 amide bonds. The van der Waals surface area contributed by atoms with E-state index in [9.17, 15) is 0 Å². The highest BCUT2D eigenvalue weighted by atomic mass is 15.3. The molecule has 3 nitrogen and oxygen atoms in total. The summed E-state index contributed by atoms with van der Waals surface area (Å²) < 4.78 is 0. The van der Waals surface area contributed by atoms with Crippen LogP contribution in [-0.4, -0.2) is 7.05 Å². The fourth-order valence-electron chi connectivity index (χ4n) is 1.20. The van der Waals surface area contributed by atoms with Crippen molar-refractivity contribution in [2.24, 2.45) is 5.84 Å². The second-order valence-corrected chi connectivity index (χ2v) is 2.80. The summed E-state index contributed by atoms with van der Waals surface area (Å²) in [5.74, 6) is 5.35. The Bertz CT molecular complexity index is 243. The van der Waals surface area contributed by atoms with Gasteiger partial charge in [0.25, 0.3) is 0 Å². The molecule has 3 heteroatoms. The zero-order valence-electron chi connectivity index (χ0n) is 7.46. The molecule has 0 saturated carbocycles. The number of hydrogen-bond acceptors (Lipinski definition) is 3. The number of rotatable bonds is 3. The predicted octanol–water partition coefficient (Wildman–Crippen LogP) is 0.676. The Kier molecular flexibility index (Phi) is 3.22. The Morgan fingerprint density at radius 3 is 2.67 bits per heavy atom. The third-order valence-corrected chi connectivity index (χ3v) is 1.83. The van der Waals surface area contributed by atoms with Crippen molar-refractivity contribution < 1.29 is 0 Å². The van der Waals surface area contributed by atoms with Crippen molar-refractivity contribution in [1.82, 2.24) is 10.7 Å². The van der Waals surface area contributed by atoms with E-state index in [4.69, 9.17) is 5.84 Å². The molecule has 0 bridgehead atoms. The van der Waals surface area contributed by atoms with E-state index in [-0.39, 0.29) is 6.17 Å². The lowest BCUT2D eigenvalue weighted by atomic mass is 10.1. The van der Waals surface area contributed by atoms with Gasteiger partial charge < -0.3 is 5.32 Å². The standard InChI is InChI=1S/C9H15N3/c1-7-4-3-5-8(6-7)9(11-2)12-10/h3-6,9,11-12H,10H2,1-2H3. The van der Waals surface area contributed by atoms with Crippen LogP contribution in [-0.2, 0) is 0 Å². The number of nitrogens with two attached hydrogens (primary N) is 1. The van der Waals surface area contributed by atoms with E-state index >= 15 is 0 Å². The van der Waals surface area contributed by atoms with Gasteiger partial charge in [-0.2, -0.15) is 0 Å². The maximum atomic E-state index is 5.35. The number of hydrogen-bond donors (Lipinski definition) is 3. The molecule has 0 fully saturated rings. The molecule has 12 heavy (non-hydrogen) atoms. The van der Waals surface area contributed by atoms with Crippen LogP contribution in [0.25, 0.3) is 0 Å².